The second kappa shape index (κ2) is 7.37. The molecule has 0 saturated carbocycles. The van der Waals surface area contributed by atoms with Crippen LogP contribution in [0, 0.1) is 0 Å². The third-order valence-electron chi connectivity index (χ3n) is 5.93. The van der Waals surface area contributed by atoms with E-state index in [1.165, 1.54) is 16.5 Å². The highest BCUT2D eigenvalue weighted by molar-refractivity contribution is 6.35. The highest BCUT2D eigenvalue weighted by atomic mass is 35.5. The number of nitrogens with zero attached hydrogens (tertiary/aromatic N) is 1. The lowest BCUT2D eigenvalue weighted by Crippen LogP contribution is -2.12. The molecule has 1 heterocycles. The van der Waals surface area contributed by atoms with Crippen molar-refractivity contribution in [3.63, 3.8) is 0 Å². The number of anilines is 1. The van der Waals surface area contributed by atoms with Crippen LogP contribution in [-0.2, 0) is 12.8 Å². The molecule has 1 N–H and O–H groups in total. The first-order chi connectivity index (χ1) is 15.6. The lowest BCUT2D eigenvalue weighted by atomic mass is 9.99. The Morgan fingerprint density at radius 1 is 0.938 bits per heavy atom. The predicted molar refractivity (Wildman–Crippen MR) is 129 cm³/mol. The molecule has 4 nitrogen and oxygen atoms in total. The van der Waals surface area contributed by atoms with Crippen LogP contribution in [0.25, 0.3) is 33.3 Å². The fourth-order valence-electron chi connectivity index (χ4n) is 4.43. The molecule has 6 heteroatoms. The highest BCUT2D eigenvalue weighted by Crippen LogP contribution is 2.34. The number of carbonyl (C=O) groups is 1. The molecule has 0 unspecified atom stereocenters. The molecular formula is C26H16Cl2N2O2. The van der Waals surface area contributed by atoms with Gasteiger partial charge in [0.25, 0.3) is 5.91 Å². The Bertz CT molecular complexity index is 1540. The maximum Gasteiger partial charge on any atom is 0.256 e. The Hall–Kier alpha value is -3.34. The fourth-order valence-corrected chi connectivity index (χ4v) is 4.80. The molecule has 1 amide bonds. The van der Waals surface area contributed by atoms with E-state index in [-0.39, 0.29) is 5.91 Å². The lowest BCUT2D eigenvalue weighted by Gasteiger charge is -2.10. The third-order valence-corrected chi connectivity index (χ3v) is 6.49. The van der Waals surface area contributed by atoms with E-state index in [1.807, 2.05) is 18.2 Å². The number of aryl methyl sites for hydroxylation is 2. The SMILES string of the molecule is O=C(Nc1ccc2oc(-c3cc(Cl)ccc3Cl)nc2c1)c1ccc2c3c(cccc13)CC2. The molecule has 32 heavy (non-hydrogen) atoms. The van der Waals surface area contributed by atoms with Crippen LogP contribution in [0.1, 0.15) is 21.5 Å². The van der Waals surface area contributed by atoms with Crippen LogP contribution in [0.5, 0.6) is 0 Å². The summed E-state index contributed by atoms with van der Waals surface area (Å²) in [6.07, 6.45) is 2.05. The van der Waals surface area contributed by atoms with Crippen molar-refractivity contribution in [2.45, 2.75) is 12.8 Å². The van der Waals surface area contributed by atoms with E-state index in [2.05, 4.69) is 22.4 Å². The quantitative estimate of drug-likeness (QED) is 0.308. The molecule has 5 aromatic rings. The largest absolute Gasteiger partial charge is 0.436 e. The minimum absolute atomic E-state index is 0.151. The number of amides is 1. The van der Waals surface area contributed by atoms with Gasteiger partial charge < -0.3 is 9.73 Å². The summed E-state index contributed by atoms with van der Waals surface area (Å²) in [4.78, 5) is 17.7. The number of fused-ring (bicyclic) bond motifs is 1. The lowest BCUT2D eigenvalue weighted by molar-refractivity contribution is 0.102. The zero-order valence-corrected chi connectivity index (χ0v) is 18.3. The van der Waals surface area contributed by atoms with Crippen LogP contribution in [0.15, 0.2) is 71.1 Å². The number of oxazole rings is 1. The topological polar surface area (TPSA) is 55.1 Å². The Balaban J connectivity index is 1.34. The van der Waals surface area contributed by atoms with Gasteiger partial charge >= 0.3 is 0 Å². The summed E-state index contributed by atoms with van der Waals surface area (Å²) >= 11 is 12.4. The minimum atomic E-state index is -0.151. The van der Waals surface area contributed by atoms with E-state index >= 15 is 0 Å². The van der Waals surface area contributed by atoms with Gasteiger partial charge in [-0.15, -0.1) is 0 Å². The fraction of sp³-hybridized carbons (Fsp3) is 0.0769. The van der Waals surface area contributed by atoms with Gasteiger partial charge in [-0.2, -0.15) is 0 Å². The Morgan fingerprint density at radius 3 is 2.66 bits per heavy atom. The second-order valence-electron chi connectivity index (χ2n) is 7.89. The van der Waals surface area contributed by atoms with Crippen LogP contribution >= 0.6 is 23.2 Å². The van der Waals surface area contributed by atoms with Crippen LogP contribution in [-0.4, -0.2) is 10.9 Å². The van der Waals surface area contributed by atoms with Crippen molar-refractivity contribution in [1.82, 2.24) is 4.98 Å². The van der Waals surface area contributed by atoms with Gasteiger partial charge in [0.1, 0.15) is 5.52 Å². The molecule has 4 aromatic carbocycles. The summed E-state index contributed by atoms with van der Waals surface area (Å²) < 4.78 is 5.86. The van der Waals surface area contributed by atoms with Gasteiger partial charge in [0.05, 0.1) is 10.6 Å². The number of rotatable bonds is 3. The summed E-state index contributed by atoms with van der Waals surface area (Å²) in [6, 6.07) is 20.7. The standard InChI is InChI=1S/C26H16Cl2N2O2/c27-16-7-10-21(28)20(12-16)26-30-22-13-17(8-11-23(22)32-26)29-25(31)19-9-6-15-5-4-14-2-1-3-18(19)24(14)15/h1-3,6-13H,4-5H2,(H,29,31). The smallest absolute Gasteiger partial charge is 0.256 e. The Morgan fingerprint density at radius 2 is 1.78 bits per heavy atom. The molecule has 0 radical (unpaired) electrons. The Labute approximate surface area is 193 Å². The van der Waals surface area contributed by atoms with Gasteiger partial charge in [-0.1, -0.05) is 47.5 Å². The summed E-state index contributed by atoms with van der Waals surface area (Å²) in [5.74, 6) is 0.227. The van der Waals surface area contributed by atoms with Gasteiger partial charge in [0, 0.05) is 16.3 Å². The van der Waals surface area contributed by atoms with Crippen molar-refractivity contribution < 1.29 is 9.21 Å². The molecule has 156 valence electrons. The second-order valence-corrected chi connectivity index (χ2v) is 8.74. The average molecular weight is 459 g/mol. The molecule has 0 atom stereocenters. The molecule has 0 saturated heterocycles. The van der Waals surface area contributed by atoms with Crippen molar-refractivity contribution in [2.24, 2.45) is 0 Å². The molecule has 1 aliphatic carbocycles. The van der Waals surface area contributed by atoms with Gasteiger partial charge in [-0.3, -0.25) is 4.79 Å². The minimum Gasteiger partial charge on any atom is -0.436 e. The van der Waals surface area contributed by atoms with Crippen molar-refractivity contribution in [1.29, 1.82) is 0 Å². The predicted octanol–water partition coefficient (Wildman–Crippen LogP) is 7.31. The molecular weight excluding hydrogens is 443 g/mol. The van der Waals surface area contributed by atoms with E-state index in [1.54, 1.807) is 36.4 Å². The van der Waals surface area contributed by atoms with Crippen molar-refractivity contribution >= 4 is 56.7 Å². The number of carbonyl (C=O) groups excluding carboxylic acids is 1. The number of hydrogen-bond acceptors (Lipinski definition) is 3. The maximum atomic E-state index is 13.1. The first kappa shape index (κ1) is 19.4. The maximum absolute atomic E-state index is 13.1. The third kappa shape index (κ3) is 3.15. The first-order valence-corrected chi connectivity index (χ1v) is 11.0. The summed E-state index contributed by atoms with van der Waals surface area (Å²) in [5, 5.41) is 6.26. The van der Waals surface area contributed by atoms with Crippen LogP contribution < -0.4 is 5.32 Å². The van der Waals surface area contributed by atoms with E-state index < -0.39 is 0 Å². The van der Waals surface area contributed by atoms with Gasteiger partial charge in [-0.25, -0.2) is 4.98 Å². The van der Waals surface area contributed by atoms with Gasteiger partial charge in [0.15, 0.2) is 5.58 Å². The number of hydrogen-bond donors (Lipinski definition) is 1. The van der Waals surface area contributed by atoms with E-state index in [0.29, 0.717) is 43.9 Å². The van der Waals surface area contributed by atoms with E-state index in [4.69, 9.17) is 27.6 Å². The molecule has 1 aromatic heterocycles. The average Bonchev–Trinajstić information content (AvgIpc) is 3.41. The van der Waals surface area contributed by atoms with E-state index in [9.17, 15) is 4.79 Å². The monoisotopic (exact) mass is 458 g/mol. The van der Waals surface area contributed by atoms with Crippen LogP contribution in [0.4, 0.5) is 5.69 Å². The zero-order valence-electron chi connectivity index (χ0n) is 16.8. The van der Waals surface area contributed by atoms with Gasteiger partial charge in [0.2, 0.25) is 5.89 Å². The molecule has 0 aliphatic heterocycles. The van der Waals surface area contributed by atoms with Crippen LogP contribution in [0.3, 0.4) is 0 Å². The zero-order chi connectivity index (χ0) is 21.8. The van der Waals surface area contributed by atoms with Crippen molar-refractivity contribution in [3.05, 3.63) is 93.5 Å². The number of nitrogens with one attached hydrogen (secondary N) is 1. The molecule has 6 rings (SSSR count). The normalized spacial score (nSPS) is 12.6. The molecule has 0 bridgehead atoms. The van der Waals surface area contributed by atoms with Crippen molar-refractivity contribution in [2.75, 3.05) is 5.32 Å². The molecule has 1 aliphatic rings. The first-order valence-electron chi connectivity index (χ1n) is 10.3. The summed E-state index contributed by atoms with van der Waals surface area (Å²) in [7, 11) is 0. The highest BCUT2D eigenvalue weighted by Gasteiger charge is 2.19. The summed E-state index contributed by atoms with van der Waals surface area (Å²) in [5.41, 5.74) is 5.76. The number of benzene rings is 4. The molecule has 0 fully saturated rings. The number of halogens is 2. The Kier molecular flexibility index (Phi) is 4.46. The molecule has 0 spiro atoms. The number of aromatic nitrogens is 1. The summed E-state index contributed by atoms with van der Waals surface area (Å²) in [6.45, 7) is 0. The van der Waals surface area contributed by atoms with Crippen molar-refractivity contribution in [3.8, 4) is 11.5 Å². The van der Waals surface area contributed by atoms with E-state index in [0.717, 1.165) is 18.2 Å². The van der Waals surface area contributed by atoms with Crippen LogP contribution in [0.2, 0.25) is 10.0 Å². The van der Waals surface area contributed by atoms with Gasteiger partial charge in [-0.05, 0) is 77.2 Å².